The summed E-state index contributed by atoms with van der Waals surface area (Å²) >= 11 is 5.85. The largest absolute Gasteiger partial charge is 0.481 e. The summed E-state index contributed by atoms with van der Waals surface area (Å²) in [5.74, 6) is -1.06. The van der Waals surface area contributed by atoms with E-state index in [0.717, 1.165) is 5.56 Å². The summed E-state index contributed by atoms with van der Waals surface area (Å²) in [4.78, 5) is 23.2. The predicted octanol–water partition coefficient (Wildman–Crippen LogP) is 2.89. The van der Waals surface area contributed by atoms with Gasteiger partial charge in [-0.15, -0.1) is 0 Å². The van der Waals surface area contributed by atoms with Gasteiger partial charge >= 0.3 is 5.97 Å². The van der Waals surface area contributed by atoms with E-state index in [0.29, 0.717) is 17.9 Å². The highest BCUT2D eigenvalue weighted by atomic mass is 35.5. The molecule has 110 valence electrons. The van der Waals surface area contributed by atoms with Crippen molar-refractivity contribution in [1.29, 1.82) is 0 Å². The van der Waals surface area contributed by atoms with Crippen LogP contribution in [0.5, 0.6) is 0 Å². The fourth-order valence-electron chi connectivity index (χ4n) is 2.04. The van der Waals surface area contributed by atoms with Gasteiger partial charge in [0.1, 0.15) is 0 Å². The Balaban J connectivity index is 2.61. The zero-order valence-electron chi connectivity index (χ0n) is 11.8. The maximum absolute atomic E-state index is 11.9. The molecule has 0 aromatic heterocycles. The fraction of sp³-hybridized carbons (Fsp3) is 0.467. The van der Waals surface area contributed by atoms with Crippen LogP contribution in [0.2, 0.25) is 5.02 Å². The summed E-state index contributed by atoms with van der Waals surface area (Å²) in [5, 5.41) is 12.6. The van der Waals surface area contributed by atoms with Crippen LogP contribution >= 0.6 is 11.6 Å². The van der Waals surface area contributed by atoms with E-state index in [1.165, 1.54) is 0 Å². The van der Waals surface area contributed by atoms with Crippen LogP contribution in [0.4, 0.5) is 0 Å². The van der Waals surface area contributed by atoms with Gasteiger partial charge in [0.25, 0.3) is 0 Å². The van der Waals surface area contributed by atoms with Crippen molar-refractivity contribution in [3.63, 3.8) is 0 Å². The number of carboxylic acids is 1. The monoisotopic (exact) mass is 297 g/mol. The van der Waals surface area contributed by atoms with Crippen molar-refractivity contribution >= 4 is 23.5 Å². The normalized spacial score (nSPS) is 11.2. The number of halogens is 1. The molecule has 0 aliphatic carbocycles. The summed E-state index contributed by atoms with van der Waals surface area (Å²) in [5.41, 5.74) is -0.0757. The van der Waals surface area contributed by atoms with Gasteiger partial charge in [0.05, 0.1) is 11.8 Å². The van der Waals surface area contributed by atoms with Gasteiger partial charge in [0, 0.05) is 11.6 Å². The molecule has 0 saturated heterocycles. The van der Waals surface area contributed by atoms with Crippen LogP contribution in [-0.4, -0.2) is 23.5 Å². The van der Waals surface area contributed by atoms with Crippen molar-refractivity contribution in [3.8, 4) is 0 Å². The molecule has 0 aliphatic heterocycles. The smallest absolute Gasteiger partial charge is 0.311 e. The van der Waals surface area contributed by atoms with Crippen LogP contribution in [0.3, 0.4) is 0 Å². The first kappa shape index (κ1) is 16.5. The van der Waals surface area contributed by atoms with Crippen LogP contribution in [0, 0.1) is 5.41 Å². The van der Waals surface area contributed by atoms with E-state index in [-0.39, 0.29) is 18.9 Å². The number of carboxylic acid groups (broad SMARTS) is 1. The van der Waals surface area contributed by atoms with Crippen LogP contribution < -0.4 is 5.32 Å². The minimum atomic E-state index is -0.885. The van der Waals surface area contributed by atoms with Crippen molar-refractivity contribution in [1.82, 2.24) is 5.32 Å². The lowest BCUT2D eigenvalue weighted by atomic mass is 9.82. The third kappa shape index (κ3) is 4.23. The van der Waals surface area contributed by atoms with Gasteiger partial charge in [-0.2, -0.15) is 0 Å². The van der Waals surface area contributed by atoms with Crippen molar-refractivity contribution < 1.29 is 14.7 Å². The Morgan fingerprint density at radius 3 is 2.45 bits per heavy atom. The van der Waals surface area contributed by atoms with Crippen molar-refractivity contribution in [2.45, 2.75) is 33.1 Å². The van der Waals surface area contributed by atoms with Gasteiger partial charge in [0.2, 0.25) is 5.91 Å². The minimum Gasteiger partial charge on any atom is -0.481 e. The lowest BCUT2D eigenvalue weighted by Gasteiger charge is -2.26. The standard InChI is InChI=1S/C15H20ClNO3/c1-3-15(4-2,14(19)20)10-17-13(18)9-11-6-5-7-12(16)8-11/h5-8H,3-4,9-10H2,1-2H3,(H,17,18)(H,19,20). The molecule has 5 heteroatoms. The van der Waals surface area contributed by atoms with Crippen molar-refractivity contribution in [3.05, 3.63) is 34.9 Å². The number of amides is 1. The average molecular weight is 298 g/mol. The number of carbonyl (C=O) groups excluding carboxylic acids is 1. The van der Waals surface area contributed by atoms with Gasteiger partial charge in [-0.3, -0.25) is 9.59 Å². The predicted molar refractivity (Wildman–Crippen MR) is 78.8 cm³/mol. The lowest BCUT2D eigenvalue weighted by Crippen LogP contribution is -2.42. The van der Waals surface area contributed by atoms with E-state index in [1.807, 2.05) is 19.9 Å². The third-order valence-electron chi connectivity index (χ3n) is 3.68. The number of aliphatic carboxylic acids is 1. The van der Waals surface area contributed by atoms with E-state index in [4.69, 9.17) is 11.6 Å². The summed E-state index contributed by atoms with van der Waals surface area (Å²) in [6, 6.07) is 7.07. The Labute approximate surface area is 124 Å². The second-order valence-corrected chi connectivity index (χ2v) is 5.31. The molecule has 0 fully saturated rings. The zero-order valence-corrected chi connectivity index (χ0v) is 12.5. The number of hydrogen-bond donors (Lipinski definition) is 2. The maximum atomic E-state index is 11.9. The van der Waals surface area contributed by atoms with E-state index < -0.39 is 11.4 Å². The van der Waals surface area contributed by atoms with Gasteiger partial charge in [-0.1, -0.05) is 37.6 Å². The Hall–Kier alpha value is -1.55. The van der Waals surface area contributed by atoms with Crippen LogP contribution in [0.1, 0.15) is 32.3 Å². The Morgan fingerprint density at radius 1 is 1.30 bits per heavy atom. The molecule has 1 rings (SSSR count). The van der Waals surface area contributed by atoms with Crippen LogP contribution in [0.25, 0.3) is 0 Å². The van der Waals surface area contributed by atoms with Crippen molar-refractivity contribution in [2.75, 3.05) is 6.54 Å². The van der Waals surface area contributed by atoms with E-state index in [2.05, 4.69) is 5.32 Å². The fourth-order valence-corrected chi connectivity index (χ4v) is 2.25. The number of hydrogen-bond acceptors (Lipinski definition) is 2. The quantitative estimate of drug-likeness (QED) is 0.813. The molecule has 0 heterocycles. The molecule has 0 unspecified atom stereocenters. The molecular formula is C15H20ClNO3. The molecular weight excluding hydrogens is 278 g/mol. The molecule has 1 amide bonds. The Kier molecular flexibility index (Phi) is 6.02. The minimum absolute atomic E-state index is 0.148. The number of carbonyl (C=O) groups is 2. The SMILES string of the molecule is CCC(CC)(CNC(=O)Cc1cccc(Cl)c1)C(=O)O. The molecule has 1 aromatic carbocycles. The van der Waals surface area contributed by atoms with E-state index in [9.17, 15) is 14.7 Å². The zero-order chi connectivity index (χ0) is 15.2. The molecule has 1 aromatic rings. The van der Waals surface area contributed by atoms with Gasteiger partial charge in [-0.25, -0.2) is 0 Å². The molecule has 0 spiro atoms. The summed E-state index contributed by atoms with van der Waals surface area (Å²) in [6.07, 6.45) is 1.16. The molecule has 2 N–H and O–H groups in total. The Morgan fingerprint density at radius 2 is 1.95 bits per heavy atom. The second-order valence-electron chi connectivity index (χ2n) is 4.88. The van der Waals surface area contributed by atoms with Crippen LogP contribution in [-0.2, 0) is 16.0 Å². The number of rotatable bonds is 7. The summed E-state index contributed by atoms with van der Waals surface area (Å²) in [7, 11) is 0. The molecule has 0 aliphatic rings. The summed E-state index contributed by atoms with van der Waals surface area (Å²) < 4.78 is 0. The van der Waals surface area contributed by atoms with Crippen LogP contribution in [0.15, 0.2) is 24.3 Å². The first-order valence-corrected chi connectivity index (χ1v) is 7.06. The summed E-state index contributed by atoms with van der Waals surface area (Å²) in [6.45, 7) is 3.79. The second kappa shape index (κ2) is 7.29. The topological polar surface area (TPSA) is 66.4 Å². The van der Waals surface area contributed by atoms with Gasteiger partial charge < -0.3 is 10.4 Å². The highest BCUT2D eigenvalue weighted by molar-refractivity contribution is 6.30. The first-order valence-electron chi connectivity index (χ1n) is 6.68. The molecule has 20 heavy (non-hydrogen) atoms. The number of nitrogens with one attached hydrogen (secondary N) is 1. The van der Waals surface area contributed by atoms with Crippen molar-refractivity contribution in [2.24, 2.45) is 5.41 Å². The number of benzene rings is 1. The maximum Gasteiger partial charge on any atom is 0.311 e. The average Bonchev–Trinajstić information content (AvgIpc) is 2.40. The van der Waals surface area contributed by atoms with E-state index in [1.54, 1.807) is 18.2 Å². The van der Waals surface area contributed by atoms with Gasteiger partial charge in [-0.05, 0) is 30.5 Å². The molecule has 4 nitrogen and oxygen atoms in total. The van der Waals surface area contributed by atoms with E-state index >= 15 is 0 Å². The molecule has 0 radical (unpaired) electrons. The van der Waals surface area contributed by atoms with Gasteiger partial charge in [0.15, 0.2) is 0 Å². The Bertz CT molecular complexity index is 484. The molecule has 0 atom stereocenters. The molecule has 0 bridgehead atoms. The molecule has 0 saturated carbocycles. The third-order valence-corrected chi connectivity index (χ3v) is 3.92. The highest BCUT2D eigenvalue weighted by Crippen LogP contribution is 2.25. The first-order chi connectivity index (χ1) is 9.43. The highest BCUT2D eigenvalue weighted by Gasteiger charge is 2.35. The lowest BCUT2D eigenvalue weighted by molar-refractivity contribution is -0.149.